The van der Waals surface area contributed by atoms with Crippen LogP contribution < -0.4 is 5.32 Å². The Balaban J connectivity index is 2.04. The van der Waals surface area contributed by atoms with Gasteiger partial charge in [0.05, 0.1) is 17.4 Å². The predicted octanol–water partition coefficient (Wildman–Crippen LogP) is 2.69. The Hall–Kier alpha value is -1.68. The highest BCUT2D eigenvalue weighted by molar-refractivity contribution is 5.09. The fraction of sp³-hybridized carbons (Fsp3) is 0.467. The van der Waals surface area contributed by atoms with E-state index in [2.05, 4.69) is 35.3 Å². The Morgan fingerprint density at radius 3 is 2.63 bits per heavy atom. The Kier molecular flexibility index (Phi) is 4.68. The van der Waals surface area contributed by atoms with Crippen LogP contribution in [0.5, 0.6) is 0 Å². The quantitative estimate of drug-likeness (QED) is 0.866. The van der Waals surface area contributed by atoms with Crippen LogP contribution in [-0.4, -0.2) is 14.8 Å². The second-order valence-electron chi connectivity index (χ2n) is 5.26. The van der Waals surface area contributed by atoms with E-state index >= 15 is 0 Å². The molecule has 1 N–H and O–H groups in total. The van der Waals surface area contributed by atoms with Crippen molar-refractivity contribution < 1.29 is 0 Å². The monoisotopic (exact) mass is 258 g/mol. The normalized spacial score (nSPS) is 12.8. The first-order valence-electron chi connectivity index (χ1n) is 6.78. The smallest absolute Gasteiger partial charge is 0.0573 e. The first-order valence-corrected chi connectivity index (χ1v) is 6.78. The summed E-state index contributed by atoms with van der Waals surface area (Å²) in [6.45, 7) is 5.29. The summed E-state index contributed by atoms with van der Waals surface area (Å²) in [5.41, 5.74) is 2.29. The van der Waals surface area contributed by atoms with Crippen LogP contribution in [0.1, 0.15) is 37.7 Å². The zero-order valence-electron chi connectivity index (χ0n) is 11.9. The van der Waals surface area contributed by atoms with E-state index in [1.807, 2.05) is 42.3 Å². The largest absolute Gasteiger partial charge is 0.303 e. The molecule has 2 heterocycles. The maximum absolute atomic E-state index is 4.47. The molecule has 0 spiro atoms. The Labute approximate surface area is 114 Å². The summed E-state index contributed by atoms with van der Waals surface area (Å²) >= 11 is 0. The maximum atomic E-state index is 4.47. The molecule has 0 aromatic carbocycles. The highest BCUT2D eigenvalue weighted by Crippen LogP contribution is 2.19. The third-order valence-electron chi connectivity index (χ3n) is 3.20. The summed E-state index contributed by atoms with van der Waals surface area (Å²) in [6, 6.07) is 8.41. The molecule has 4 heteroatoms. The standard InChI is InChI=1S/C15H22N4/c1-12(2)10-15(14-6-4-5-8-16-14)17-11-13-7-9-18-19(13)3/h4-9,12,15,17H,10-11H2,1-3H3. The number of rotatable bonds is 6. The molecule has 0 bridgehead atoms. The van der Waals surface area contributed by atoms with Crippen molar-refractivity contribution in [3.8, 4) is 0 Å². The van der Waals surface area contributed by atoms with Gasteiger partial charge in [0, 0.05) is 26.0 Å². The Bertz CT molecular complexity index is 490. The molecule has 0 aliphatic heterocycles. The summed E-state index contributed by atoms with van der Waals surface area (Å²) in [7, 11) is 1.97. The van der Waals surface area contributed by atoms with E-state index in [1.54, 1.807) is 0 Å². The van der Waals surface area contributed by atoms with E-state index in [-0.39, 0.29) is 6.04 Å². The van der Waals surface area contributed by atoms with E-state index in [9.17, 15) is 0 Å². The second-order valence-corrected chi connectivity index (χ2v) is 5.26. The van der Waals surface area contributed by atoms with Gasteiger partial charge in [-0.15, -0.1) is 0 Å². The first kappa shape index (κ1) is 13.7. The van der Waals surface area contributed by atoms with Crippen LogP contribution >= 0.6 is 0 Å². The number of aryl methyl sites for hydroxylation is 1. The fourth-order valence-electron chi connectivity index (χ4n) is 2.16. The topological polar surface area (TPSA) is 42.7 Å². The lowest BCUT2D eigenvalue weighted by Crippen LogP contribution is -2.24. The lowest BCUT2D eigenvalue weighted by molar-refractivity contribution is 0.415. The van der Waals surface area contributed by atoms with Crippen LogP contribution in [0, 0.1) is 5.92 Å². The van der Waals surface area contributed by atoms with Crippen molar-refractivity contribution in [3.63, 3.8) is 0 Å². The highest BCUT2D eigenvalue weighted by atomic mass is 15.3. The van der Waals surface area contributed by atoms with Gasteiger partial charge in [0.25, 0.3) is 0 Å². The van der Waals surface area contributed by atoms with Gasteiger partial charge >= 0.3 is 0 Å². The molecule has 2 rings (SSSR count). The molecule has 19 heavy (non-hydrogen) atoms. The van der Waals surface area contributed by atoms with Crippen molar-refractivity contribution in [2.24, 2.45) is 13.0 Å². The molecule has 1 atom stereocenters. The average Bonchev–Trinajstić information content (AvgIpc) is 2.81. The lowest BCUT2D eigenvalue weighted by atomic mass is 10.0. The van der Waals surface area contributed by atoms with Crippen molar-refractivity contribution in [1.29, 1.82) is 0 Å². The molecular formula is C15H22N4. The number of nitrogens with zero attached hydrogens (tertiary/aromatic N) is 3. The summed E-state index contributed by atoms with van der Waals surface area (Å²) in [6.07, 6.45) is 4.76. The van der Waals surface area contributed by atoms with Gasteiger partial charge < -0.3 is 5.32 Å². The van der Waals surface area contributed by atoms with Crippen LogP contribution in [0.2, 0.25) is 0 Å². The van der Waals surface area contributed by atoms with Crippen molar-refractivity contribution >= 4 is 0 Å². The van der Waals surface area contributed by atoms with Gasteiger partial charge in [0.2, 0.25) is 0 Å². The van der Waals surface area contributed by atoms with Gasteiger partial charge in [-0.1, -0.05) is 19.9 Å². The van der Waals surface area contributed by atoms with Gasteiger partial charge in [0.1, 0.15) is 0 Å². The molecule has 0 saturated carbocycles. The van der Waals surface area contributed by atoms with Gasteiger partial charge in [-0.05, 0) is 30.5 Å². The molecule has 0 aliphatic rings. The molecule has 0 fully saturated rings. The van der Waals surface area contributed by atoms with Crippen LogP contribution in [0.3, 0.4) is 0 Å². The van der Waals surface area contributed by atoms with E-state index in [0.717, 1.165) is 18.7 Å². The minimum absolute atomic E-state index is 0.288. The molecule has 0 saturated heterocycles. The van der Waals surface area contributed by atoms with Crippen molar-refractivity contribution in [3.05, 3.63) is 48.0 Å². The third-order valence-corrected chi connectivity index (χ3v) is 3.20. The molecule has 0 aliphatic carbocycles. The highest BCUT2D eigenvalue weighted by Gasteiger charge is 2.14. The number of hydrogen-bond acceptors (Lipinski definition) is 3. The fourth-order valence-corrected chi connectivity index (χ4v) is 2.16. The molecule has 0 radical (unpaired) electrons. The maximum Gasteiger partial charge on any atom is 0.0573 e. The molecular weight excluding hydrogens is 236 g/mol. The number of pyridine rings is 1. The van der Waals surface area contributed by atoms with Crippen LogP contribution in [-0.2, 0) is 13.6 Å². The van der Waals surface area contributed by atoms with E-state index < -0.39 is 0 Å². The van der Waals surface area contributed by atoms with Gasteiger partial charge in [-0.3, -0.25) is 9.67 Å². The number of hydrogen-bond donors (Lipinski definition) is 1. The zero-order chi connectivity index (χ0) is 13.7. The van der Waals surface area contributed by atoms with Crippen LogP contribution in [0.15, 0.2) is 36.7 Å². The van der Waals surface area contributed by atoms with Crippen molar-refractivity contribution in [1.82, 2.24) is 20.1 Å². The SMILES string of the molecule is CC(C)CC(NCc1ccnn1C)c1ccccn1. The van der Waals surface area contributed by atoms with Gasteiger partial charge in [-0.2, -0.15) is 5.10 Å². The minimum atomic E-state index is 0.288. The molecule has 102 valence electrons. The summed E-state index contributed by atoms with van der Waals surface area (Å²) < 4.78 is 1.90. The van der Waals surface area contributed by atoms with Crippen LogP contribution in [0.4, 0.5) is 0 Å². The van der Waals surface area contributed by atoms with E-state index in [0.29, 0.717) is 5.92 Å². The average molecular weight is 258 g/mol. The molecule has 1 unspecified atom stereocenters. The summed E-state index contributed by atoms with van der Waals surface area (Å²) in [5.74, 6) is 0.631. The molecule has 2 aromatic heterocycles. The van der Waals surface area contributed by atoms with Gasteiger partial charge in [-0.25, -0.2) is 0 Å². The zero-order valence-corrected chi connectivity index (χ0v) is 11.9. The predicted molar refractivity (Wildman–Crippen MR) is 76.5 cm³/mol. The summed E-state index contributed by atoms with van der Waals surface area (Å²) in [5, 5.41) is 7.78. The van der Waals surface area contributed by atoms with Crippen molar-refractivity contribution in [2.75, 3.05) is 0 Å². The van der Waals surface area contributed by atoms with E-state index in [4.69, 9.17) is 0 Å². The summed E-state index contributed by atoms with van der Waals surface area (Å²) in [4.78, 5) is 4.47. The second kappa shape index (κ2) is 6.48. The minimum Gasteiger partial charge on any atom is -0.303 e. The molecule has 0 amide bonds. The number of nitrogens with one attached hydrogen (secondary N) is 1. The van der Waals surface area contributed by atoms with E-state index in [1.165, 1.54) is 5.69 Å². The lowest BCUT2D eigenvalue weighted by Gasteiger charge is -2.20. The first-order chi connectivity index (χ1) is 9.16. The molecule has 2 aromatic rings. The van der Waals surface area contributed by atoms with Gasteiger partial charge in [0.15, 0.2) is 0 Å². The third kappa shape index (κ3) is 3.89. The van der Waals surface area contributed by atoms with Crippen molar-refractivity contribution in [2.45, 2.75) is 32.9 Å². The number of aromatic nitrogens is 3. The molecule has 4 nitrogen and oxygen atoms in total. The Morgan fingerprint density at radius 2 is 2.05 bits per heavy atom. The Morgan fingerprint density at radius 1 is 1.21 bits per heavy atom. The van der Waals surface area contributed by atoms with Crippen LogP contribution in [0.25, 0.3) is 0 Å².